The highest BCUT2D eigenvalue weighted by Gasteiger charge is 2.22. The van der Waals surface area contributed by atoms with Gasteiger partial charge in [0.2, 0.25) is 0 Å². The van der Waals surface area contributed by atoms with Crippen molar-refractivity contribution in [1.82, 2.24) is 4.90 Å². The topological polar surface area (TPSA) is 38.5 Å². The first-order valence-electron chi connectivity index (χ1n) is 6.86. The van der Waals surface area contributed by atoms with E-state index in [0.717, 1.165) is 36.4 Å². The summed E-state index contributed by atoms with van der Waals surface area (Å²) in [5.74, 6) is 2.45. The van der Waals surface area contributed by atoms with Crippen molar-refractivity contribution in [3.63, 3.8) is 0 Å². The van der Waals surface area contributed by atoms with Gasteiger partial charge in [0.1, 0.15) is 12.4 Å². The number of rotatable bonds is 4. The summed E-state index contributed by atoms with van der Waals surface area (Å²) in [4.78, 5) is 2.49. The lowest BCUT2D eigenvalue weighted by atomic mass is 9.89. The van der Waals surface area contributed by atoms with Crippen molar-refractivity contribution in [3.8, 4) is 5.75 Å². The molecule has 18 heavy (non-hydrogen) atoms. The summed E-state index contributed by atoms with van der Waals surface area (Å²) < 4.78 is 5.73. The van der Waals surface area contributed by atoms with Gasteiger partial charge in [-0.15, -0.1) is 0 Å². The largest absolute Gasteiger partial charge is 0.490 e. The first-order chi connectivity index (χ1) is 8.66. The summed E-state index contributed by atoms with van der Waals surface area (Å²) in [6.07, 6.45) is 1.30. The van der Waals surface area contributed by atoms with Gasteiger partial charge in [0, 0.05) is 13.1 Å². The summed E-state index contributed by atoms with van der Waals surface area (Å²) in [6, 6.07) is 7.68. The second kappa shape index (κ2) is 6.10. The van der Waals surface area contributed by atoms with E-state index < -0.39 is 0 Å². The molecule has 2 rings (SSSR count). The van der Waals surface area contributed by atoms with Crippen molar-refractivity contribution in [2.45, 2.75) is 20.3 Å². The molecule has 0 aliphatic carbocycles. The van der Waals surface area contributed by atoms with E-state index in [1.54, 1.807) is 0 Å². The normalized spacial score (nSPS) is 25.0. The van der Waals surface area contributed by atoms with Crippen LogP contribution >= 0.6 is 0 Å². The van der Waals surface area contributed by atoms with Gasteiger partial charge in [0.25, 0.3) is 0 Å². The molecule has 1 aliphatic heterocycles. The third kappa shape index (κ3) is 3.39. The van der Waals surface area contributed by atoms with Gasteiger partial charge in [0.15, 0.2) is 0 Å². The Morgan fingerprint density at radius 1 is 1.28 bits per heavy atom. The van der Waals surface area contributed by atoms with E-state index in [2.05, 4.69) is 18.7 Å². The summed E-state index contributed by atoms with van der Waals surface area (Å²) in [7, 11) is 0. The van der Waals surface area contributed by atoms with E-state index in [1.165, 1.54) is 19.5 Å². The molecule has 3 heteroatoms. The molecule has 0 amide bonds. The van der Waals surface area contributed by atoms with E-state index in [9.17, 15) is 0 Å². The van der Waals surface area contributed by atoms with Crippen molar-refractivity contribution >= 4 is 5.69 Å². The second-order valence-corrected chi connectivity index (χ2v) is 5.43. The molecule has 3 nitrogen and oxygen atoms in total. The summed E-state index contributed by atoms with van der Waals surface area (Å²) >= 11 is 0. The molecular formula is C15H24N2O. The third-order valence-electron chi connectivity index (χ3n) is 4.00. The molecule has 0 saturated carbocycles. The van der Waals surface area contributed by atoms with Gasteiger partial charge >= 0.3 is 0 Å². The number of piperidine rings is 1. The summed E-state index contributed by atoms with van der Waals surface area (Å²) in [5.41, 5.74) is 6.56. The van der Waals surface area contributed by atoms with Gasteiger partial charge in [-0.1, -0.05) is 26.0 Å². The second-order valence-electron chi connectivity index (χ2n) is 5.43. The fourth-order valence-electron chi connectivity index (χ4n) is 2.45. The Morgan fingerprint density at radius 3 is 2.78 bits per heavy atom. The Morgan fingerprint density at radius 2 is 2.06 bits per heavy atom. The lowest BCUT2D eigenvalue weighted by Crippen LogP contribution is -2.40. The lowest BCUT2D eigenvalue weighted by Gasteiger charge is -2.35. The van der Waals surface area contributed by atoms with Crippen molar-refractivity contribution in [2.75, 3.05) is 32.0 Å². The fraction of sp³-hybridized carbons (Fsp3) is 0.600. The van der Waals surface area contributed by atoms with E-state index in [0.29, 0.717) is 0 Å². The predicted molar refractivity (Wildman–Crippen MR) is 75.7 cm³/mol. The average molecular weight is 248 g/mol. The zero-order chi connectivity index (χ0) is 13.0. The molecule has 1 aliphatic rings. The molecule has 2 atom stereocenters. The van der Waals surface area contributed by atoms with Crippen LogP contribution in [0.4, 0.5) is 5.69 Å². The number of nitrogens with two attached hydrogens (primary N) is 1. The third-order valence-corrected chi connectivity index (χ3v) is 4.00. The molecule has 0 bridgehead atoms. The van der Waals surface area contributed by atoms with E-state index >= 15 is 0 Å². The molecule has 1 fully saturated rings. The molecule has 1 aromatic rings. The molecule has 1 saturated heterocycles. The number of nitrogens with zero attached hydrogens (tertiary/aromatic N) is 1. The first-order valence-corrected chi connectivity index (χ1v) is 6.86. The maximum absolute atomic E-state index is 5.84. The van der Waals surface area contributed by atoms with Crippen molar-refractivity contribution in [3.05, 3.63) is 24.3 Å². The molecule has 0 aromatic heterocycles. The van der Waals surface area contributed by atoms with E-state index in [-0.39, 0.29) is 0 Å². The molecular weight excluding hydrogens is 224 g/mol. The minimum atomic E-state index is 0.718. The van der Waals surface area contributed by atoms with Crippen molar-refractivity contribution in [2.24, 2.45) is 11.8 Å². The van der Waals surface area contributed by atoms with Gasteiger partial charge in [-0.2, -0.15) is 0 Å². The van der Waals surface area contributed by atoms with Crippen LogP contribution in [-0.2, 0) is 0 Å². The first kappa shape index (κ1) is 13.2. The average Bonchev–Trinajstić information content (AvgIpc) is 2.36. The van der Waals surface area contributed by atoms with Gasteiger partial charge in [0.05, 0.1) is 5.69 Å². The lowest BCUT2D eigenvalue weighted by molar-refractivity contribution is 0.119. The number of ether oxygens (including phenoxy) is 1. The van der Waals surface area contributed by atoms with Gasteiger partial charge < -0.3 is 10.5 Å². The molecule has 1 aromatic carbocycles. The fourth-order valence-corrected chi connectivity index (χ4v) is 2.45. The van der Waals surface area contributed by atoms with Crippen LogP contribution in [0.15, 0.2) is 24.3 Å². The smallest absolute Gasteiger partial charge is 0.142 e. The number of hydrogen-bond donors (Lipinski definition) is 1. The Balaban J connectivity index is 1.74. The van der Waals surface area contributed by atoms with E-state index in [4.69, 9.17) is 10.5 Å². The molecule has 0 spiro atoms. The zero-order valence-corrected chi connectivity index (χ0v) is 11.4. The van der Waals surface area contributed by atoms with Crippen LogP contribution in [0.2, 0.25) is 0 Å². The number of anilines is 1. The highest BCUT2D eigenvalue weighted by Crippen LogP contribution is 2.23. The molecule has 1 heterocycles. The van der Waals surface area contributed by atoms with Gasteiger partial charge in [-0.3, -0.25) is 4.90 Å². The maximum atomic E-state index is 5.84. The predicted octanol–water partition coefficient (Wildman–Crippen LogP) is 2.63. The van der Waals surface area contributed by atoms with Crippen LogP contribution in [0.5, 0.6) is 5.75 Å². The van der Waals surface area contributed by atoms with Crippen LogP contribution in [0, 0.1) is 11.8 Å². The number of likely N-dealkylation sites (tertiary alicyclic amines) is 1. The van der Waals surface area contributed by atoms with Gasteiger partial charge in [-0.25, -0.2) is 0 Å². The van der Waals surface area contributed by atoms with Crippen LogP contribution < -0.4 is 10.5 Å². The van der Waals surface area contributed by atoms with Crippen LogP contribution in [0.25, 0.3) is 0 Å². The van der Waals surface area contributed by atoms with Gasteiger partial charge in [-0.05, 0) is 36.9 Å². The number of benzene rings is 1. The quantitative estimate of drug-likeness (QED) is 0.832. The Hall–Kier alpha value is -1.22. The SMILES string of the molecule is CC1CCN(CCOc2ccccc2N)CC1C. The van der Waals surface area contributed by atoms with Crippen molar-refractivity contribution in [1.29, 1.82) is 0 Å². The summed E-state index contributed by atoms with van der Waals surface area (Å²) in [5, 5.41) is 0. The monoisotopic (exact) mass is 248 g/mol. The molecule has 2 N–H and O–H groups in total. The van der Waals surface area contributed by atoms with E-state index in [1.807, 2.05) is 24.3 Å². The highest BCUT2D eigenvalue weighted by atomic mass is 16.5. The minimum Gasteiger partial charge on any atom is -0.490 e. The zero-order valence-electron chi connectivity index (χ0n) is 11.4. The summed E-state index contributed by atoms with van der Waals surface area (Å²) in [6.45, 7) is 8.78. The number of nitrogen functional groups attached to an aromatic ring is 1. The van der Waals surface area contributed by atoms with Crippen LogP contribution in [0.1, 0.15) is 20.3 Å². The Bertz CT molecular complexity index is 381. The molecule has 2 unspecified atom stereocenters. The standard InChI is InChI=1S/C15H24N2O/c1-12-7-8-17(11-13(12)2)9-10-18-15-6-4-3-5-14(15)16/h3-6,12-13H,7-11,16H2,1-2H3. The Kier molecular flexibility index (Phi) is 4.48. The molecule has 100 valence electrons. The van der Waals surface area contributed by atoms with Crippen LogP contribution in [0.3, 0.4) is 0 Å². The molecule has 0 radical (unpaired) electrons. The highest BCUT2D eigenvalue weighted by molar-refractivity contribution is 5.51. The minimum absolute atomic E-state index is 0.718. The number of para-hydroxylation sites is 2. The van der Waals surface area contributed by atoms with Crippen molar-refractivity contribution < 1.29 is 4.74 Å². The number of hydrogen-bond acceptors (Lipinski definition) is 3. The van der Waals surface area contributed by atoms with Crippen LogP contribution in [-0.4, -0.2) is 31.1 Å². The Labute approximate surface area is 110 Å². The maximum Gasteiger partial charge on any atom is 0.142 e.